The van der Waals surface area contributed by atoms with Crippen molar-refractivity contribution in [3.8, 4) is 0 Å². The molecule has 88 valence electrons. The van der Waals surface area contributed by atoms with Gasteiger partial charge in [0.25, 0.3) is 0 Å². The molecule has 0 N–H and O–H groups in total. The van der Waals surface area contributed by atoms with Crippen molar-refractivity contribution in [1.29, 1.82) is 0 Å². The SMILES string of the molecule is C[C]12[CH]3[CH]4[C]5(C)[CH]1[Fe]34251678[CH]2[C]1(C)[CH]6[C]7(C)[C]28C. The van der Waals surface area contributed by atoms with E-state index in [0.717, 1.165) is 21.6 Å². The van der Waals surface area contributed by atoms with E-state index >= 15 is 0 Å². The van der Waals surface area contributed by atoms with E-state index in [1.165, 1.54) is 24.1 Å². The summed E-state index contributed by atoms with van der Waals surface area (Å²) in [6.45, 7) is 11.1. The molecule has 0 saturated carbocycles. The van der Waals surface area contributed by atoms with Gasteiger partial charge in [0.15, 0.2) is 0 Å². The van der Waals surface area contributed by atoms with Gasteiger partial charge in [-0.25, -0.2) is 0 Å². The fourth-order valence-corrected chi connectivity index (χ4v) is 112. The second-order valence-corrected chi connectivity index (χ2v) is 35.5. The number of fused-ring (bicyclic) bond motifs is 10. The Morgan fingerprint density at radius 2 is 1.06 bits per heavy atom. The number of hydrogen-bond donors (Lipinski definition) is 0. The van der Waals surface area contributed by atoms with Crippen LogP contribution < -0.4 is 0 Å². The van der Waals surface area contributed by atoms with Crippen LogP contribution in [-0.2, 0) is 6.51 Å². The molecule has 8 unspecified atom stereocenters. The van der Waals surface area contributed by atoms with Crippen molar-refractivity contribution in [2.45, 2.75) is 80.3 Å². The minimum absolute atomic E-state index is 1.02. The summed E-state index contributed by atoms with van der Waals surface area (Å²) in [5.41, 5.74) is 0. The van der Waals surface area contributed by atoms with Gasteiger partial charge in [-0.3, -0.25) is 0 Å². The Balaban J connectivity index is 2.00. The number of hydrogen-bond acceptors (Lipinski definition) is 0. The van der Waals surface area contributed by atoms with Crippen LogP contribution in [0.15, 0.2) is 0 Å². The van der Waals surface area contributed by atoms with Crippen molar-refractivity contribution in [1.82, 2.24) is 0 Å². The topological polar surface area (TPSA) is 0 Å². The van der Waals surface area contributed by atoms with Gasteiger partial charge in [0.2, 0.25) is 0 Å². The average Bonchev–Trinajstić information content (AvgIpc) is 3.11. The molecule has 10 rings (SSSR count). The van der Waals surface area contributed by atoms with Crippen LogP contribution in [0.3, 0.4) is 0 Å². The van der Waals surface area contributed by atoms with Gasteiger partial charge in [-0.05, 0) is 0 Å². The van der Waals surface area contributed by atoms with Crippen LogP contribution in [0.2, 0.25) is 45.6 Å². The van der Waals surface area contributed by atoms with E-state index in [-0.39, 0.29) is 0 Å². The summed E-state index contributed by atoms with van der Waals surface area (Å²) in [5, 5.41) is 0. The second kappa shape index (κ2) is 0.399. The summed E-state index contributed by atoms with van der Waals surface area (Å²) >= 11 is 0. The van der Waals surface area contributed by atoms with E-state index < -0.39 is 6.51 Å². The van der Waals surface area contributed by atoms with Gasteiger partial charge in [-0.1, -0.05) is 0 Å². The van der Waals surface area contributed by atoms with E-state index in [0.29, 0.717) is 0 Å². The molecule has 10 heterocycles. The van der Waals surface area contributed by atoms with Crippen molar-refractivity contribution in [2.24, 2.45) is 0 Å². The molecule has 1 spiro atoms. The summed E-state index contributed by atoms with van der Waals surface area (Å²) in [7, 11) is 0. The fraction of sp³-hybridized carbons (Fsp3) is 1.00. The first-order valence-electron chi connectivity index (χ1n) is 7.30. The Hall–Kier alpha value is 0.519. The van der Waals surface area contributed by atoms with Gasteiger partial charge in [0.1, 0.15) is 0 Å². The third-order valence-corrected chi connectivity index (χ3v) is 69.6. The molecule has 0 nitrogen and oxygen atoms in total. The zero-order chi connectivity index (χ0) is 10.7. The molecule has 10 saturated heterocycles. The molecule has 8 atom stereocenters. The van der Waals surface area contributed by atoms with Gasteiger partial charge < -0.3 is 0 Å². The summed E-state index contributed by atoms with van der Waals surface area (Å²) in [6.07, 6.45) is 0. The van der Waals surface area contributed by atoms with Crippen LogP contribution in [0, 0.1) is 0 Å². The van der Waals surface area contributed by atoms with E-state index in [4.69, 9.17) is 0 Å². The first-order valence-corrected chi connectivity index (χ1v) is 13.2. The molecule has 0 aromatic heterocycles. The number of rotatable bonds is 0. The van der Waals surface area contributed by atoms with Crippen molar-refractivity contribution in [2.75, 3.05) is 0 Å². The van der Waals surface area contributed by atoms with Crippen molar-refractivity contribution in [3.63, 3.8) is 0 Å². The molecular formula is C15H20Fe. The summed E-state index contributed by atoms with van der Waals surface area (Å²) in [5.74, 6) is 0. The van der Waals surface area contributed by atoms with Crippen molar-refractivity contribution >= 4 is 0 Å². The Morgan fingerprint density at radius 1 is 0.625 bits per heavy atom. The molecule has 0 aromatic carbocycles. The van der Waals surface area contributed by atoms with Gasteiger partial charge in [-0.15, -0.1) is 0 Å². The van der Waals surface area contributed by atoms with E-state index in [2.05, 4.69) is 34.6 Å². The van der Waals surface area contributed by atoms with Crippen LogP contribution in [0.25, 0.3) is 0 Å². The standard InChI is InChI=1S/C8H11.C7H9.Fe/c1-6-4-7(2)8(3)5-6;1-6-3-4-7(2)5-6;/h4-5H,1-3H3;3-5H,1-2H3;. The minimum atomic E-state index is -3.12. The van der Waals surface area contributed by atoms with E-state index in [1.807, 2.05) is 0 Å². The Labute approximate surface area is 86.8 Å². The van der Waals surface area contributed by atoms with Crippen LogP contribution >= 0.6 is 0 Å². The summed E-state index contributed by atoms with van der Waals surface area (Å²) in [4.78, 5) is 6.98. The Bertz CT molecular complexity index is 1010. The fourth-order valence-electron chi connectivity index (χ4n) is 23.6. The first kappa shape index (κ1) is 6.11. The zero-order valence-electron chi connectivity index (χ0n) is 10.7. The quantitative estimate of drug-likeness (QED) is 0.514. The maximum atomic E-state index is 2.84. The van der Waals surface area contributed by atoms with Crippen LogP contribution in [0.1, 0.15) is 34.6 Å². The van der Waals surface area contributed by atoms with Crippen molar-refractivity contribution < 1.29 is 6.51 Å². The van der Waals surface area contributed by atoms with E-state index in [9.17, 15) is 0 Å². The van der Waals surface area contributed by atoms with Crippen LogP contribution in [-0.4, -0.2) is 0 Å². The molecule has 10 fully saturated rings. The molecule has 1 heteroatoms. The maximum absolute atomic E-state index is 3.12. The van der Waals surface area contributed by atoms with Crippen molar-refractivity contribution in [3.05, 3.63) is 0 Å². The monoisotopic (exact) mass is 256 g/mol. The van der Waals surface area contributed by atoms with Gasteiger partial charge in [0.05, 0.1) is 0 Å². The van der Waals surface area contributed by atoms with E-state index in [1.54, 1.807) is 0 Å². The molecule has 16 heavy (non-hydrogen) atoms. The zero-order valence-corrected chi connectivity index (χ0v) is 11.8. The third-order valence-electron chi connectivity index (χ3n) is 18.8. The summed E-state index contributed by atoms with van der Waals surface area (Å²) < 4.78 is 5.17. The Morgan fingerprint density at radius 3 is 1.06 bits per heavy atom. The predicted octanol–water partition coefficient (Wildman–Crippen LogP) is 5.33. The van der Waals surface area contributed by atoms with Gasteiger partial charge in [0, 0.05) is 0 Å². The molecule has 10 aliphatic rings. The van der Waals surface area contributed by atoms with Gasteiger partial charge >= 0.3 is 86.8 Å². The first-order chi connectivity index (χ1) is 7.10. The molecule has 0 amide bonds. The average molecular weight is 256 g/mol. The molecule has 0 aliphatic carbocycles. The molecular weight excluding hydrogens is 236 g/mol. The predicted molar refractivity (Wildman–Crippen MR) is 60.6 cm³/mol. The van der Waals surface area contributed by atoms with Gasteiger partial charge in [-0.2, -0.15) is 0 Å². The normalized spacial score (nSPS) is 145. The molecule has 0 bridgehead atoms. The summed E-state index contributed by atoms with van der Waals surface area (Å²) in [6, 6.07) is 0. The van der Waals surface area contributed by atoms with Crippen LogP contribution in [0.5, 0.6) is 0 Å². The van der Waals surface area contributed by atoms with Crippen LogP contribution in [0.4, 0.5) is 0 Å². The molecule has 0 aromatic rings. The molecule has 10 aliphatic heterocycles. The second-order valence-electron chi connectivity index (χ2n) is 11.9. The third kappa shape index (κ3) is 0.0374. The molecule has 0 radical (unpaired) electrons. The Kier molecular flexibility index (Phi) is 0.152.